The smallest absolute Gasteiger partial charge is 0.411 e. The molecule has 24 heavy (non-hydrogen) atoms. The lowest BCUT2D eigenvalue weighted by molar-refractivity contribution is -0.0376. The van der Waals surface area contributed by atoms with Gasteiger partial charge >= 0.3 is 6.09 Å². The van der Waals surface area contributed by atoms with Crippen molar-refractivity contribution in [1.29, 1.82) is 0 Å². The first-order valence-corrected chi connectivity index (χ1v) is 8.90. The standard InChI is InChI=1S/C20H27NO3/c1-15(2)8-9-17-10-18-13-23-14-19(11-17)21(18)20(22)24-12-16-6-4-3-5-7-16/h3-7,10,15,18-19H,8-9,11-14H2,1-2H3. The molecule has 1 aromatic rings. The van der Waals surface area contributed by atoms with Crippen LogP contribution in [0.5, 0.6) is 0 Å². The minimum absolute atomic E-state index is 0.0166. The van der Waals surface area contributed by atoms with Gasteiger partial charge in [-0.15, -0.1) is 0 Å². The predicted octanol–water partition coefficient (Wildman–Crippen LogP) is 4.16. The fourth-order valence-electron chi connectivity index (χ4n) is 3.42. The number of ether oxygens (including phenoxy) is 2. The van der Waals surface area contributed by atoms with E-state index in [9.17, 15) is 4.79 Å². The molecule has 2 atom stereocenters. The van der Waals surface area contributed by atoms with E-state index in [1.165, 1.54) is 12.0 Å². The Morgan fingerprint density at radius 1 is 1.29 bits per heavy atom. The summed E-state index contributed by atoms with van der Waals surface area (Å²) in [5, 5.41) is 0. The normalized spacial score (nSPS) is 23.1. The van der Waals surface area contributed by atoms with Crippen LogP contribution in [0.3, 0.4) is 0 Å². The molecule has 0 radical (unpaired) electrons. The fraction of sp³-hybridized carbons (Fsp3) is 0.550. The molecule has 2 heterocycles. The van der Waals surface area contributed by atoms with Crippen molar-refractivity contribution in [3.05, 3.63) is 47.5 Å². The molecule has 1 amide bonds. The third-order valence-electron chi connectivity index (χ3n) is 4.73. The lowest BCUT2D eigenvalue weighted by atomic mass is 9.90. The summed E-state index contributed by atoms with van der Waals surface area (Å²) in [6.45, 7) is 6.00. The second kappa shape index (κ2) is 7.84. The fourth-order valence-corrected chi connectivity index (χ4v) is 3.42. The number of hydrogen-bond acceptors (Lipinski definition) is 3. The molecular formula is C20H27NO3. The molecule has 2 aliphatic rings. The highest BCUT2D eigenvalue weighted by atomic mass is 16.6. The molecule has 2 aliphatic heterocycles. The maximum Gasteiger partial charge on any atom is 0.411 e. The van der Waals surface area contributed by atoms with Gasteiger partial charge in [-0.05, 0) is 30.7 Å². The van der Waals surface area contributed by atoms with Gasteiger partial charge in [-0.1, -0.05) is 55.8 Å². The van der Waals surface area contributed by atoms with Gasteiger partial charge in [-0.25, -0.2) is 4.79 Å². The molecular weight excluding hydrogens is 302 g/mol. The maximum atomic E-state index is 12.6. The van der Waals surface area contributed by atoms with Crippen molar-refractivity contribution >= 4 is 6.09 Å². The zero-order valence-corrected chi connectivity index (χ0v) is 14.6. The summed E-state index contributed by atoms with van der Waals surface area (Å²) >= 11 is 0. The summed E-state index contributed by atoms with van der Waals surface area (Å²) in [6, 6.07) is 9.94. The molecule has 0 aromatic heterocycles. The van der Waals surface area contributed by atoms with Gasteiger partial charge in [0, 0.05) is 0 Å². The number of hydrogen-bond donors (Lipinski definition) is 0. The summed E-state index contributed by atoms with van der Waals surface area (Å²) in [7, 11) is 0. The Kier molecular flexibility index (Phi) is 5.56. The van der Waals surface area contributed by atoms with Crippen LogP contribution in [0.1, 0.15) is 38.7 Å². The number of amides is 1. The van der Waals surface area contributed by atoms with Crippen LogP contribution in [0.2, 0.25) is 0 Å². The molecule has 0 spiro atoms. The number of rotatable bonds is 5. The van der Waals surface area contributed by atoms with Crippen LogP contribution in [0, 0.1) is 5.92 Å². The Bertz CT molecular complexity index is 582. The first-order chi connectivity index (χ1) is 11.6. The summed E-state index contributed by atoms with van der Waals surface area (Å²) in [5.74, 6) is 0.704. The summed E-state index contributed by atoms with van der Waals surface area (Å²) in [5.41, 5.74) is 2.48. The van der Waals surface area contributed by atoms with Crippen LogP contribution in [0.4, 0.5) is 4.79 Å². The molecule has 1 fully saturated rings. The Balaban J connectivity index is 1.62. The Labute approximate surface area is 144 Å². The highest BCUT2D eigenvalue weighted by Crippen LogP contribution is 2.30. The van der Waals surface area contributed by atoms with Gasteiger partial charge in [0.2, 0.25) is 0 Å². The SMILES string of the molecule is CC(C)CCC1=CC2COCC(C1)N2C(=O)OCc1ccccc1. The molecule has 1 saturated heterocycles. The van der Waals surface area contributed by atoms with Gasteiger partial charge in [0.25, 0.3) is 0 Å². The molecule has 0 aliphatic carbocycles. The van der Waals surface area contributed by atoms with E-state index in [0.29, 0.717) is 25.7 Å². The van der Waals surface area contributed by atoms with Gasteiger partial charge < -0.3 is 9.47 Å². The van der Waals surface area contributed by atoms with Crippen molar-refractivity contribution in [2.45, 2.75) is 51.8 Å². The lowest BCUT2D eigenvalue weighted by Gasteiger charge is -2.43. The van der Waals surface area contributed by atoms with Crippen molar-refractivity contribution in [2.24, 2.45) is 5.92 Å². The van der Waals surface area contributed by atoms with Gasteiger partial charge in [-0.2, -0.15) is 0 Å². The summed E-state index contributed by atoms with van der Waals surface area (Å²) in [6.07, 6.45) is 5.23. The number of fused-ring (bicyclic) bond motifs is 2. The van der Waals surface area contributed by atoms with Crippen LogP contribution in [0.25, 0.3) is 0 Å². The van der Waals surface area contributed by atoms with Gasteiger partial charge in [0.15, 0.2) is 0 Å². The average Bonchev–Trinajstić information content (AvgIpc) is 2.58. The molecule has 4 nitrogen and oxygen atoms in total. The molecule has 0 saturated carbocycles. The first-order valence-electron chi connectivity index (χ1n) is 8.90. The minimum atomic E-state index is -0.226. The number of carbonyl (C=O) groups excluding carboxylic acids is 1. The third kappa shape index (κ3) is 4.18. The Hall–Kier alpha value is -1.81. The van der Waals surface area contributed by atoms with E-state index < -0.39 is 0 Å². The zero-order chi connectivity index (χ0) is 16.9. The number of benzene rings is 1. The molecule has 130 valence electrons. The van der Waals surface area contributed by atoms with Crippen LogP contribution < -0.4 is 0 Å². The van der Waals surface area contributed by atoms with E-state index in [1.807, 2.05) is 35.2 Å². The summed E-state index contributed by atoms with van der Waals surface area (Å²) in [4.78, 5) is 14.5. The highest BCUT2D eigenvalue weighted by molar-refractivity contribution is 5.69. The second-order valence-electron chi connectivity index (χ2n) is 7.17. The molecule has 2 unspecified atom stereocenters. The number of carbonyl (C=O) groups is 1. The quantitative estimate of drug-likeness (QED) is 0.762. The molecule has 0 N–H and O–H groups in total. The Morgan fingerprint density at radius 3 is 2.79 bits per heavy atom. The average molecular weight is 329 g/mol. The topological polar surface area (TPSA) is 38.8 Å². The zero-order valence-electron chi connectivity index (χ0n) is 14.6. The van der Waals surface area contributed by atoms with Crippen LogP contribution in [-0.4, -0.2) is 36.3 Å². The monoisotopic (exact) mass is 329 g/mol. The summed E-state index contributed by atoms with van der Waals surface area (Å²) < 4.78 is 11.2. The van der Waals surface area contributed by atoms with Crippen LogP contribution in [0.15, 0.2) is 42.0 Å². The molecule has 4 heteroatoms. The first kappa shape index (κ1) is 17.0. The molecule has 2 bridgehead atoms. The minimum Gasteiger partial charge on any atom is -0.445 e. The third-order valence-corrected chi connectivity index (χ3v) is 4.73. The van der Waals surface area contributed by atoms with Crippen molar-refractivity contribution in [3.63, 3.8) is 0 Å². The van der Waals surface area contributed by atoms with Crippen molar-refractivity contribution in [2.75, 3.05) is 13.2 Å². The van der Waals surface area contributed by atoms with E-state index >= 15 is 0 Å². The largest absolute Gasteiger partial charge is 0.445 e. The van der Waals surface area contributed by atoms with E-state index in [4.69, 9.17) is 9.47 Å². The van der Waals surface area contributed by atoms with Crippen molar-refractivity contribution in [1.82, 2.24) is 4.90 Å². The molecule has 1 aromatic carbocycles. The van der Waals surface area contributed by atoms with E-state index in [2.05, 4.69) is 19.9 Å². The number of morpholine rings is 1. The van der Waals surface area contributed by atoms with Crippen molar-refractivity contribution < 1.29 is 14.3 Å². The number of nitrogens with zero attached hydrogens (tertiary/aromatic N) is 1. The van der Waals surface area contributed by atoms with Crippen LogP contribution >= 0.6 is 0 Å². The van der Waals surface area contributed by atoms with Crippen LogP contribution in [-0.2, 0) is 16.1 Å². The maximum absolute atomic E-state index is 12.6. The van der Waals surface area contributed by atoms with E-state index in [1.54, 1.807) is 0 Å². The second-order valence-corrected chi connectivity index (χ2v) is 7.17. The van der Waals surface area contributed by atoms with Crippen molar-refractivity contribution in [3.8, 4) is 0 Å². The highest BCUT2D eigenvalue weighted by Gasteiger charge is 2.38. The molecule has 3 rings (SSSR count). The van der Waals surface area contributed by atoms with Gasteiger partial charge in [0.05, 0.1) is 25.3 Å². The predicted molar refractivity (Wildman–Crippen MR) is 93.6 cm³/mol. The van der Waals surface area contributed by atoms with E-state index in [-0.39, 0.29) is 18.2 Å². The Morgan fingerprint density at radius 2 is 2.08 bits per heavy atom. The van der Waals surface area contributed by atoms with Gasteiger partial charge in [-0.3, -0.25) is 4.90 Å². The van der Waals surface area contributed by atoms with Gasteiger partial charge in [0.1, 0.15) is 6.61 Å². The lowest BCUT2D eigenvalue weighted by Crippen LogP contribution is -2.56. The van der Waals surface area contributed by atoms with E-state index in [0.717, 1.165) is 18.4 Å².